The number of allylic oxidation sites excluding steroid dienone is 1. The third-order valence-electron chi connectivity index (χ3n) is 6.29. The molecule has 5 atom stereocenters. The minimum absolute atomic E-state index is 0.0208. The Hall–Kier alpha value is -2.14. The summed E-state index contributed by atoms with van der Waals surface area (Å²) in [4.78, 5) is 26.1. The zero-order valence-electron chi connectivity index (χ0n) is 14.5. The Morgan fingerprint density at radius 3 is 2.80 bits per heavy atom. The molecule has 0 aromatic heterocycles. The van der Waals surface area contributed by atoms with Gasteiger partial charge < -0.3 is 14.2 Å². The van der Waals surface area contributed by atoms with Crippen LogP contribution in [0.15, 0.2) is 30.9 Å². The first-order valence-electron chi connectivity index (χ1n) is 8.65. The highest BCUT2D eigenvalue weighted by Crippen LogP contribution is 2.60. The molecular weight excluding hydrogens is 320 g/mol. The molecule has 1 aromatic carbocycles. The predicted octanol–water partition coefficient (Wildman–Crippen LogP) is 2.88. The summed E-state index contributed by atoms with van der Waals surface area (Å²) in [5, 5.41) is 0. The molecule has 2 fully saturated rings. The summed E-state index contributed by atoms with van der Waals surface area (Å²) in [5.74, 6) is 0.508. The molecule has 4 rings (SSSR count). The van der Waals surface area contributed by atoms with E-state index in [9.17, 15) is 9.59 Å². The predicted molar refractivity (Wildman–Crippen MR) is 90.6 cm³/mol. The van der Waals surface area contributed by atoms with Gasteiger partial charge in [0.25, 0.3) is 0 Å². The second-order valence-electron chi connectivity index (χ2n) is 7.25. The van der Waals surface area contributed by atoms with Crippen LogP contribution in [0.25, 0.3) is 0 Å². The Bertz CT molecular complexity index is 754. The Morgan fingerprint density at radius 1 is 1.32 bits per heavy atom. The van der Waals surface area contributed by atoms with E-state index in [2.05, 4.69) is 13.5 Å². The molecule has 5 nitrogen and oxygen atoms in total. The average Bonchev–Trinajstić information content (AvgIpc) is 3.13. The standard InChI is InChI=1S/C20H22O5/c1-4-7-20-9-15(23-3)18(21)17(19(20)22)16(11(20)2)12-5-6-13-14(8-12)25-10-24-13/h4-6,8,11,15-17H,1,7,9-10H2,2-3H3. The minimum Gasteiger partial charge on any atom is -0.454 e. The lowest BCUT2D eigenvalue weighted by Crippen LogP contribution is -2.47. The number of carbonyl (C=O) groups excluding carboxylic acids is 2. The molecule has 25 heavy (non-hydrogen) atoms. The van der Waals surface area contributed by atoms with Crippen molar-refractivity contribution < 1.29 is 23.8 Å². The van der Waals surface area contributed by atoms with Gasteiger partial charge in [0.2, 0.25) is 6.79 Å². The van der Waals surface area contributed by atoms with E-state index in [4.69, 9.17) is 14.2 Å². The van der Waals surface area contributed by atoms with E-state index in [1.807, 2.05) is 18.2 Å². The van der Waals surface area contributed by atoms with Crippen molar-refractivity contribution in [1.82, 2.24) is 0 Å². The highest BCUT2D eigenvalue weighted by Gasteiger charge is 2.65. The zero-order valence-corrected chi connectivity index (χ0v) is 14.5. The van der Waals surface area contributed by atoms with E-state index < -0.39 is 17.4 Å². The second kappa shape index (κ2) is 5.70. The molecule has 2 bridgehead atoms. The van der Waals surface area contributed by atoms with Crippen LogP contribution in [0.1, 0.15) is 31.2 Å². The Labute approximate surface area is 146 Å². The molecule has 3 aliphatic rings. The van der Waals surface area contributed by atoms with Gasteiger partial charge in [-0.15, -0.1) is 6.58 Å². The summed E-state index contributed by atoms with van der Waals surface area (Å²) >= 11 is 0. The van der Waals surface area contributed by atoms with Crippen LogP contribution >= 0.6 is 0 Å². The lowest BCUT2D eigenvalue weighted by molar-refractivity contribution is -0.149. The molecule has 0 N–H and O–H groups in total. The molecule has 2 aliphatic carbocycles. The van der Waals surface area contributed by atoms with Gasteiger partial charge in [0.1, 0.15) is 6.10 Å². The van der Waals surface area contributed by atoms with Crippen molar-refractivity contribution in [2.75, 3.05) is 13.9 Å². The number of benzene rings is 1. The molecule has 1 heterocycles. The van der Waals surface area contributed by atoms with Crippen molar-refractivity contribution >= 4 is 11.6 Å². The highest BCUT2D eigenvalue weighted by molar-refractivity contribution is 6.12. The quantitative estimate of drug-likeness (QED) is 0.622. The normalized spacial score (nSPS) is 35.9. The van der Waals surface area contributed by atoms with Gasteiger partial charge >= 0.3 is 0 Å². The van der Waals surface area contributed by atoms with Gasteiger partial charge in [0, 0.05) is 18.4 Å². The molecule has 0 spiro atoms. The number of carbonyl (C=O) groups is 2. The van der Waals surface area contributed by atoms with Crippen molar-refractivity contribution in [2.24, 2.45) is 17.3 Å². The number of fused-ring (bicyclic) bond motifs is 3. The van der Waals surface area contributed by atoms with Gasteiger partial charge in [0.15, 0.2) is 23.1 Å². The average molecular weight is 342 g/mol. The van der Waals surface area contributed by atoms with Crippen molar-refractivity contribution in [3.63, 3.8) is 0 Å². The lowest BCUT2D eigenvalue weighted by Gasteiger charge is -2.36. The molecule has 0 radical (unpaired) electrons. The van der Waals surface area contributed by atoms with Crippen molar-refractivity contribution in [3.05, 3.63) is 36.4 Å². The lowest BCUT2D eigenvalue weighted by atomic mass is 9.67. The number of rotatable bonds is 4. The summed E-state index contributed by atoms with van der Waals surface area (Å²) in [5.41, 5.74) is 0.369. The summed E-state index contributed by atoms with van der Waals surface area (Å²) in [7, 11) is 1.54. The fraction of sp³-hybridized carbons (Fsp3) is 0.500. The molecule has 5 unspecified atom stereocenters. The monoisotopic (exact) mass is 342 g/mol. The first-order chi connectivity index (χ1) is 12.0. The van der Waals surface area contributed by atoms with Gasteiger partial charge in [-0.25, -0.2) is 0 Å². The summed E-state index contributed by atoms with van der Waals surface area (Å²) in [6.07, 6.45) is 2.27. The van der Waals surface area contributed by atoms with Crippen LogP contribution in [0.5, 0.6) is 11.5 Å². The second-order valence-corrected chi connectivity index (χ2v) is 7.25. The van der Waals surface area contributed by atoms with Gasteiger partial charge in [-0.1, -0.05) is 19.1 Å². The fourth-order valence-corrected chi connectivity index (χ4v) is 4.98. The van der Waals surface area contributed by atoms with Crippen molar-refractivity contribution in [1.29, 1.82) is 0 Å². The topological polar surface area (TPSA) is 61.8 Å². The maximum Gasteiger partial charge on any atom is 0.231 e. The van der Waals surface area contributed by atoms with Gasteiger partial charge in [-0.2, -0.15) is 0 Å². The number of methoxy groups -OCH3 is 1. The van der Waals surface area contributed by atoms with Crippen LogP contribution in [0.4, 0.5) is 0 Å². The summed E-state index contributed by atoms with van der Waals surface area (Å²) in [6.45, 7) is 6.11. The third kappa shape index (κ3) is 2.11. The van der Waals surface area contributed by atoms with Crippen LogP contribution in [0, 0.1) is 17.3 Å². The third-order valence-corrected chi connectivity index (χ3v) is 6.29. The van der Waals surface area contributed by atoms with E-state index in [0.717, 1.165) is 5.56 Å². The number of hydrogen-bond donors (Lipinski definition) is 0. The maximum atomic E-state index is 13.2. The van der Waals surface area contributed by atoms with Crippen LogP contribution in [0.2, 0.25) is 0 Å². The van der Waals surface area contributed by atoms with Gasteiger partial charge in [0.05, 0.1) is 5.92 Å². The number of ketones is 2. The molecule has 1 aromatic rings. The summed E-state index contributed by atoms with van der Waals surface area (Å²) < 4.78 is 16.3. The van der Waals surface area contributed by atoms with Gasteiger partial charge in [-0.3, -0.25) is 9.59 Å². The highest BCUT2D eigenvalue weighted by atomic mass is 16.7. The van der Waals surface area contributed by atoms with E-state index >= 15 is 0 Å². The van der Waals surface area contributed by atoms with E-state index in [1.54, 1.807) is 13.2 Å². The SMILES string of the molecule is C=CCC12CC(OC)C(=O)C(C1=O)C(c1ccc3c(c1)OCO3)C2C. The van der Waals surface area contributed by atoms with Crippen LogP contribution in [-0.4, -0.2) is 31.6 Å². The molecule has 132 valence electrons. The minimum atomic E-state index is -0.658. The summed E-state index contributed by atoms with van der Waals surface area (Å²) in [6, 6.07) is 5.71. The number of Topliss-reactive ketones (excluding diaryl/α,β-unsaturated/α-hetero) is 2. The number of ether oxygens (including phenoxy) is 3. The zero-order chi connectivity index (χ0) is 17.8. The Balaban J connectivity index is 1.81. The first-order valence-corrected chi connectivity index (χ1v) is 8.65. The fourth-order valence-electron chi connectivity index (χ4n) is 4.98. The largest absolute Gasteiger partial charge is 0.454 e. The van der Waals surface area contributed by atoms with Crippen LogP contribution in [0.3, 0.4) is 0 Å². The smallest absolute Gasteiger partial charge is 0.231 e. The van der Waals surface area contributed by atoms with E-state index in [0.29, 0.717) is 24.3 Å². The van der Waals surface area contributed by atoms with Crippen LogP contribution < -0.4 is 9.47 Å². The molecule has 1 aliphatic heterocycles. The molecule has 2 saturated carbocycles. The first kappa shape index (κ1) is 16.3. The Kier molecular flexibility index (Phi) is 3.72. The maximum absolute atomic E-state index is 13.2. The molecular formula is C20H22O5. The Morgan fingerprint density at radius 2 is 2.08 bits per heavy atom. The molecule has 5 heteroatoms. The van der Waals surface area contributed by atoms with E-state index in [1.165, 1.54) is 0 Å². The van der Waals surface area contributed by atoms with Crippen molar-refractivity contribution in [2.45, 2.75) is 31.8 Å². The van der Waals surface area contributed by atoms with Gasteiger partial charge in [-0.05, 0) is 36.5 Å². The molecule has 0 amide bonds. The van der Waals surface area contributed by atoms with E-state index in [-0.39, 0.29) is 30.2 Å². The molecule has 0 saturated heterocycles. The number of hydrogen-bond acceptors (Lipinski definition) is 5. The van der Waals surface area contributed by atoms with Crippen LogP contribution in [-0.2, 0) is 14.3 Å². The van der Waals surface area contributed by atoms with Crippen molar-refractivity contribution in [3.8, 4) is 11.5 Å².